The lowest BCUT2D eigenvalue weighted by Gasteiger charge is -2.26. The maximum Gasteiger partial charge on any atom is 0.295 e. The van der Waals surface area contributed by atoms with E-state index in [4.69, 9.17) is 14.2 Å². The maximum atomic E-state index is 13.3. The van der Waals surface area contributed by atoms with Crippen molar-refractivity contribution in [2.24, 2.45) is 0 Å². The topological polar surface area (TPSA) is 98.2 Å². The number of pyridine rings is 1. The second kappa shape index (κ2) is 10.9. The summed E-state index contributed by atoms with van der Waals surface area (Å²) in [4.78, 5) is 32.1. The Kier molecular flexibility index (Phi) is 7.53. The lowest BCUT2D eigenvalue weighted by molar-refractivity contribution is -0.140. The lowest BCUT2D eigenvalue weighted by atomic mass is 9.94. The molecule has 1 aliphatic heterocycles. The van der Waals surface area contributed by atoms with Gasteiger partial charge in [-0.2, -0.15) is 0 Å². The quantitative estimate of drug-likeness (QED) is 0.269. The zero-order valence-corrected chi connectivity index (χ0v) is 20.4. The Morgan fingerprint density at radius 2 is 1.78 bits per heavy atom. The number of ether oxygens (including phenoxy) is 3. The number of benzene rings is 2. The molecule has 8 nitrogen and oxygen atoms in total. The van der Waals surface area contributed by atoms with E-state index in [1.165, 1.54) is 19.1 Å². The number of aromatic nitrogens is 1. The van der Waals surface area contributed by atoms with E-state index in [0.717, 1.165) is 12.0 Å². The summed E-state index contributed by atoms with van der Waals surface area (Å²) in [5.74, 6) is -0.121. The summed E-state index contributed by atoms with van der Waals surface area (Å²) in [6.45, 7) is 2.72. The molecule has 4 rings (SSSR count). The van der Waals surface area contributed by atoms with Gasteiger partial charge in [0.25, 0.3) is 11.7 Å². The van der Waals surface area contributed by atoms with Crippen molar-refractivity contribution in [1.29, 1.82) is 0 Å². The maximum absolute atomic E-state index is 13.3. The third-order valence-corrected chi connectivity index (χ3v) is 5.94. The number of nitrogens with zero attached hydrogens (tertiary/aromatic N) is 2. The number of carbonyl (C=O) groups excluding carboxylic acids is 2. The molecule has 0 bridgehead atoms. The highest BCUT2D eigenvalue weighted by atomic mass is 16.5. The molecule has 0 aliphatic carbocycles. The molecule has 0 radical (unpaired) electrons. The first-order valence-corrected chi connectivity index (χ1v) is 11.6. The van der Waals surface area contributed by atoms with Gasteiger partial charge in [-0.25, -0.2) is 0 Å². The molecule has 3 aromatic rings. The monoisotopic (exact) mass is 488 g/mol. The van der Waals surface area contributed by atoms with Gasteiger partial charge in [-0.15, -0.1) is 0 Å². The number of ketones is 1. The second-order valence-electron chi connectivity index (χ2n) is 8.28. The Hall–Kier alpha value is -4.33. The van der Waals surface area contributed by atoms with E-state index < -0.39 is 17.7 Å². The van der Waals surface area contributed by atoms with Crippen LogP contribution in [0.1, 0.15) is 36.1 Å². The van der Waals surface area contributed by atoms with Crippen molar-refractivity contribution in [3.05, 3.63) is 89.3 Å². The van der Waals surface area contributed by atoms with Gasteiger partial charge in [0.2, 0.25) is 0 Å². The van der Waals surface area contributed by atoms with Crippen molar-refractivity contribution in [3.8, 4) is 17.2 Å². The van der Waals surface area contributed by atoms with Crippen LogP contribution in [0.15, 0.2) is 72.6 Å². The van der Waals surface area contributed by atoms with Crippen LogP contribution in [0.2, 0.25) is 0 Å². The van der Waals surface area contributed by atoms with Gasteiger partial charge in [-0.05, 0) is 60.0 Å². The summed E-state index contributed by atoms with van der Waals surface area (Å²) in [5, 5.41) is 11.3. The Labute approximate surface area is 209 Å². The molecule has 1 atom stereocenters. The van der Waals surface area contributed by atoms with Gasteiger partial charge in [0.1, 0.15) is 11.5 Å². The summed E-state index contributed by atoms with van der Waals surface area (Å²) >= 11 is 0. The summed E-state index contributed by atoms with van der Waals surface area (Å²) in [6.07, 6.45) is 4.14. The van der Waals surface area contributed by atoms with Crippen molar-refractivity contribution < 1.29 is 28.9 Å². The van der Waals surface area contributed by atoms with Gasteiger partial charge in [0.05, 0.1) is 32.4 Å². The average Bonchev–Trinajstić information content (AvgIpc) is 3.16. The molecule has 1 fully saturated rings. The van der Waals surface area contributed by atoms with Crippen LogP contribution >= 0.6 is 0 Å². The second-order valence-corrected chi connectivity index (χ2v) is 8.28. The number of aliphatic hydroxyl groups is 1. The minimum absolute atomic E-state index is 0.00154. The van der Waals surface area contributed by atoms with Crippen LogP contribution < -0.4 is 14.2 Å². The molecule has 36 heavy (non-hydrogen) atoms. The summed E-state index contributed by atoms with van der Waals surface area (Å²) in [7, 11) is 3.04. The first kappa shape index (κ1) is 24.8. The molecule has 2 heterocycles. The van der Waals surface area contributed by atoms with Crippen LogP contribution in [-0.2, 0) is 16.1 Å². The van der Waals surface area contributed by atoms with Crippen molar-refractivity contribution in [1.82, 2.24) is 9.88 Å². The normalized spacial score (nSPS) is 16.8. The van der Waals surface area contributed by atoms with Crippen LogP contribution in [0.5, 0.6) is 17.2 Å². The first-order valence-electron chi connectivity index (χ1n) is 11.6. The van der Waals surface area contributed by atoms with E-state index in [1.807, 2.05) is 13.0 Å². The number of likely N-dealkylation sites (tertiary alicyclic amines) is 1. The number of hydrogen-bond acceptors (Lipinski definition) is 7. The third-order valence-electron chi connectivity index (χ3n) is 5.94. The molecule has 0 saturated carbocycles. The zero-order valence-electron chi connectivity index (χ0n) is 20.4. The first-order chi connectivity index (χ1) is 17.5. The van der Waals surface area contributed by atoms with E-state index in [9.17, 15) is 14.7 Å². The largest absolute Gasteiger partial charge is 0.507 e. The number of hydrogen-bond donors (Lipinski definition) is 1. The molecule has 1 aromatic heterocycles. The van der Waals surface area contributed by atoms with Gasteiger partial charge < -0.3 is 24.2 Å². The highest BCUT2D eigenvalue weighted by Gasteiger charge is 2.46. The molecule has 2 aromatic carbocycles. The standard InChI is InChI=1S/C28H28N2O6/c1-4-14-36-21-10-7-19(8-11-21)26(31)24-25(20-9-12-22(34-2)23(15-20)35-3)30(28(33)27(24)32)17-18-6-5-13-29-16-18/h5-13,15-16,25,31H,4,14,17H2,1-3H3/b26-24+/t25-/m1/s1. The SMILES string of the molecule is CCCOc1ccc(/C(O)=C2\C(=O)C(=O)N(Cc3cccnc3)[C@@H]2c2ccc(OC)c(OC)c2)cc1. The van der Waals surface area contributed by atoms with Gasteiger partial charge in [0.15, 0.2) is 11.5 Å². The highest BCUT2D eigenvalue weighted by molar-refractivity contribution is 6.46. The Morgan fingerprint density at radius 1 is 1.03 bits per heavy atom. The Bertz CT molecular complexity index is 1270. The fourth-order valence-electron chi connectivity index (χ4n) is 4.19. The fraction of sp³-hybridized carbons (Fsp3) is 0.250. The molecule has 1 N–H and O–H groups in total. The number of methoxy groups -OCH3 is 2. The fourth-order valence-corrected chi connectivity index (χ4v) is 4.19. The van der Waals surface area contributed by atoms with Crippen molar-refractivity contribution in [3.63, 3.8) is 0 Å². The van der Waals surface area contributed by atoms with Crippen LogP contribution in [0.3, 0.4) is 0 Å². The predicted molar refractivity (Wildman–Crippen MR) is 134 cm³/mol. The van der Waals surface area contributed by atoms with Crippen LogP contribution in [0.25, 0.3) is 5.76 Å². The molecule has 0 spiro atoms. The van der Waals surface area contributed by atoms with E-state index in [0.29, 0.717) is 35.0 Å². The number of aliphatic hydroxyl groups excluding tert-OH is 1. The molecule has 1 saturated heterocycles. The number of rotatable bonds is 9. The Morgan fingerprint density at radius 3 is 2.42 bits per heavy atom. The van der Waals surface area contributed by atoms with Gasteiger partial charge in [0, 0.05) is 24.5 Å². The van der Waals surface area contributed by atoms with E-state index >= 15 is 0 Å². The van der Waals surface area contributed by atoms with Gasteiger partial charge in [-0.1, -0.05) is 19.1 Å². The van der Waals surface area contributed by atoms with Crippen molar-refractivity contribution in [2.75, 3.05) is 20.8 Å². The number of carbonyl (C=O) groups is 2. The summed E-state index contributed by atoms with van der Waals surface area (Å²) in [6, 6.07) is 14.7. The molecular formula is C28H28N2O6. The van der Waals surface area contributed by atoms with Gasteiger partial charge in [-0.3, -0.25) is 14.6 Å². The van der Waals surface area contributed by atoms with Crippen molar-refractivity contribution in [2.45, 2.75) is 25.9 Å². The molecule has 1 amide bonds. The van der Waals surface area contributed by atoms with Gasteiger partial charge >= 0.3 is 0 Å². The van der Waals surface area contributed by atoms with E-state index in [-0.39, 0.29) is 17.9 Å². The van der Waals surface area contributed by atoms with Crippen LogP contribution in [0.4, 0.5) is 0 Å². The van der Waals surface area contributed by atoms with Crippen molar-refractivity contribution >= 4 is 17.4 Å². The van der Waals surface area contributed by atoms with E-state index in [2.05, 4.69) is 4.98 Å². The van der Waals surface area contributed by atoms with E-state index in [1.54, 1.807) is 60.9 Å². The minimum Gasteiger partial charge on any atom is -0.507 e. The van der Waals surface area contributed by atoms with Crippen LogP contribution in [0, 0.1) is 0 Å². The Balaban J connectivity index is 1.82. The number of amides is 1. The molecule has 1 aliphatic rings. The summed E-state index contributed by atoms with van der Waals surface area (Å²) in [5.41, 5.74) is 1.75. The molecule has 0 unspecified atom stereocenters. The zero-order chi connectivity index (χ0) is 25.7. The average molecular weight is 489 g/mol. The number of Topliss-reactive ketones (excluding diaryl/α,β-unsaturated/α-hetero) is 1. The van der Waals surface area contributed by atoms with Crippen LogP contribution in [-0.4, -0.2) is 47.5 Å². The smallest absolute Gasteiger partial charge is 0.295 e. The lowest BCUT2D eigenvalue weighted by Crippen LogP contribution is -2.29. The third kappa shape index (κ3) is 4.88. The molecule has 8 heteroatoms. The summed E-state index contributed by atoms with van der Waals surface area (Å²) < 4.78 is 16.4. The highest BCUT2D eigenvalue weighted by Crippen LogP contribution is 2.42. The minimum atomic E-state index is -0.846. The predicted octanol–water partition coefficient (Wildman–Crippen LogP) is 4.51. The molecular weight excluding hydrogens is 460 g/mol. The molecule has 186 valence electrons.